The van der Waals surface area contributed by atoms with Crippen LogP contribution in [-0.2, 0) is 19.4 Å². The zero-order valence-electron chi connectivity index (χ0n) is 26.5. The van der Waals surface area contributed by atoms with E-state index < -0.39 is 22.1 Å². The number of aromatic nitrogens is 5. The molecule has 0 bridgehead atoms. The Labute approximate surface area is 268 Å². The number of fused-ring (bicyclic) bond motifs is 1. The molecule has 246 valence electrons. The second-order valence-electron chi connectivity index (χ2n) is 12.6. The maximum atomic E-state index is 14.7. The Balaban J connectivity index is 1.34. The normalized spacial score (nSPS) is 26.7. The summed E-state index contributed by atoms with van der Waals surface area (Å²) in [7, 11) is -1.60. The van der Waals surface area contributed by atoms with Crippen LogP contribution in [0.5, 0.6) is 0 Å². The molecule has 3 aliphatic rings. The summed E-state index contributed by atoms with van der Waals surface area (Å²) < 4.78 is 44.0. The number of nitrogens with one attached hydrogen (secondary N) is 1. The summed E-state index contributed by atoms with van der Waals surface area (Å²) in [6.45, 7) is 8.91. The molecule has 1 amide bonds. The van der Waals surface area contributed by atoms with E-state index in [4.69, 9.17) is 4.74 Å². The van der Waals surface area contributed by atoms with Gasteiger partial charge in [0, 0.05) is 67.6 Å². The van der Waals surface area contributed by atoms with Crippen molar-refractivity contribution in [2.45, 2.75) is 63.5 Å². The van der Waals surface area contributed by atoms with Gasteiger partial charge in [0.25, 0.3) is 0 Å². The molecular formula is C31H40FN9O4S. The van der Waals surface area contributed by atoms with Gasteiger partial charge < -0.3 is 24.8 Å². The minimum absolute atomic E-state index is 0.0147. The minimum Gasteiger partial charge on any atom is -0.378 e. The Kier molecular flexibility index (Phi) is 8.81. The maximum absolute atomic E-state index is 14.7. The molecule has 3 aromatic rings. The van der Waals surface area contributed by atoms with Crippen LogP contribution in [-0.4, -0.2) is 107 Å². The lowest BCUT2D eigenvalue weighted by Crippen LogP contribution is -2.57. The van der Waals surface area contributed by atoms with Gasteiger partial charge in [-0.1, -0.05) is 6.58 Å². The number of hydrogen-bond acceptors (Lipinski definition) is 12. The SMILES string of the molecule is C=CC(=O)N1CCCC1c1nnc(N2C[C@H](CS(C)(=O)=O)[C@H]2C)c2cnc(Nc3ccnc(N4C[C@H](F)[C@H](OC)C[C@@H]4C)n3)cc12. The van der Waals surface area contributed by atoms with E-state index in [0.29, 0.717) is 48.6 Å². The van der Waals surface area contributed by atoms with Crippen molar-refractivity contribution < 1.29 is 22.3 Å². The summed E-state index contributed by atoms with van der Waals surface area (Å²) in [5.74, 6) is 1.94. The third-order valence-electron chi connectivity index (χ3n) is 9.43. The number of carbonyl (C=O) groups is 1. The zero-order valence-corrected chi connectivity index (χ0v) is 27.3. The van der Waals surface area contributed by atoms with Crippen LogP contribution >= 0.6 is 0 Å². The number of hydrogen-bond donors (Lipinski definition) is 1. The second-order valence-corrected chi connectivity index (χ2v) is 14.7. The molecule has 0 spiro atoms. The van der Waals surface area contributed by atoms with E-state index in [-0.39, 0.29) is 42.2 Å². The molecule has 1 unspecified atom stereocenters. The van der Waals surface area contributed by atoms with Gasteiger partial charge in [-0.15, -0.1) is 5.10 Å². The van der Waals surface area contributed by atoms with E-state index in [1.165, 1.54) is 19.4 Å². The molecule has 46 heavy (non-hydrogen) atoms. The number of anilines is 4. The summed E-state index contributed by atoms with van der Waals surface area (Å²) in [6.07, 6.45) is 6.38. The predicted octanol–water partition coefficient (Wildman–Crippen LogP) is 3.23. The maximum Gasteiger partial charge on any atom is 0.246 e. The van der Waals surface area contributed by atoms with Crippen molar-refractivity contribution in [1.82, 2.24) is 30.0 Å². The number of likely N-dealkylation sites (tertiary alicyclic amines) is 1. The number of carbonyl (C=O) groups excluding carboxylic acids is 1. The number of amides is 1. The summed E-state index contributed by atoms with van der Waals surface area (Å²) in [4.78, 5) is 32.2. The van der Waals surface area contributed by atoms with Gasteiger partial charge >= 0.3 is 0 Å². The van der Waals surface area contributed by atoms with Crippen molar-refractivity contribution >= 4 is 49.9 Å². The van der Waals surface area contributed by atoms with Crippen LogP contribution in [0.4, 0.5) is 27.8 Å². The number of nitrogens with zero attached hydrogens (tertiary/aromatic N) is 8. The van der Waals surface area contributed by atoms with Crippen molar-refractivity contribution in [3.8, 4) is 0 Å². The Morgan fingerprint density at radius 1 is 1.17 bits per heavy atom. The quantitative estimate of drug-likeness (QED) is 0.338. The molecule has 3 saturated heterocycles. The topological polar surface area (TPSA) is 147 Å². The van der Waals surface area contributed by atoms with Crippen molar-refractivity contribution in [1.29, 1.82) is 0 Å². The highest BCUT2D eigenvalue weighted by Gasteiger charge is 2.40. The lowest BCUT2D eigenvalue weighted by Gasteiger charge is -2.47. The van der Waals surface area contributed by atoms with Gasteiger partial charge in [0.2, 0.25) is 11.9 Å². The van der Waals surface area contributed by atoms with Crippen molar-refractivity contribution in [3.05, 3.63) is 42.9 Å². The van der Waals surface area contributed by atoms with E-state index in [1.807, 2.05) is 29.7 Å². The van der Waals surface area contributed by atoms with Crippen LogP contribution in [0.25, 0.3) is 10.8 Å². The van der Waals surface area contributed by atoms with E-state index in [9.17, 15) is 17.6 Å². The molecular weight excluding hydrogens is 613 g/mol. The first-order chi connectivity index (χ1) is 22.0. The van der Waals surface area contributed by atoms with Crippen LogP contribution in [0.1, 0.15) is 44.8 Å². The predicted molar refractivity (Wildman–Crippen MR) is 174 cm³/mol. The highest BCUT2D eigenvalue weighted by atomic mass is 32.2. The Morgan fingerprint density at radius 3 is 2.70 bits per heavy atom. The van der Waals surface area contributed by atoms with Crippen molar-refractivity contribution in [2.24, 2.45) is 5.92 Å². The first-order valence-electron chi connectivity index (χ1n) is 15.5. The van der Waals surface area contributed by atoms with Gasteiger partial charge in [-0.2, -0.15) is 10.1 Å². The largest absolute Gasteiger partial charge is 0.378 e. The number of methoxy groups -OCH3 is 1. The lowest BCUT2D eigenvalue weighted by atomic mass is 9.91. The lowest BCUT2D eigenvalue weighted by molar-refractivity contribution is -0.126. The first kappa shape index (κ1) is 32.0. The fraction of sp³-hybridized carbons (Fsp3) is 0.548. The minimum atomic E-state index is -3.12. The van der Waals surface area contributed by atoms with Gasteiger partial charge in [-0.25, -0.2) is 22.8 Å². The first-order valence-corrected chi connectivity index (χ1v) is 17.6. The highest BCUT2D eigenvalue weighted by molar-refractivity contribution is 7.90. The molecule has 0 aliphatic carbocycles. The number of ether oxygens (including phenoxy) is 1. The van der Waals surface area contributed by atoms with Gasteiger partial charge in [-0.05, 0) is 51.3 Å². The highest BCUT2D eigenvalue weighted by Crippen LogP contribution is 2.40. The molecule has 3 fully saturated rings. The number of sulfone groups is 1. The molecule has 0 radical (unpaired) electrons. The smallest absolute Gasteiger partial charge is 0.246 e. The van der Waals surface area contributed by atoms with E-state index >= 15 is 0 Å². The van der Waals surface area contributed by atoms with Gasteiger partial charge in [0.05, 0.1) is 30.1 Å². The average molecular weight is 654 g/mol. The fourth-order valence-electron chi connectivity index (χ4n) is 6.87. The van der Waals surface area contributed by atoms with Crippen LogP contribution in [0.2, 0.25) is 0 Å². The summed E-state index contributed by atoms with van der Waals surface area (Å²) in [5, 5.41) is 14.1. The molecule has 6 atom stereocenters. The average Bonchev–Trinajstić information content (AvgIpc) is 3.52. The molecule has 13 nitrogen and oxygen atoms in total. The fourth-order valence-corrected chi connectivity index (χ4v) is 8.03. The Morgan fingerprint density at radius 2 is 1.98 bits per heavy atom. The number of alkyl halides is 1. The Hall–Kier alpha value is -3.98. The molecule has 1 N–H and O–H groups in total. The summed E-state index contributed by atoms with van der Waals surface area (Å²) in [5.41, 5.74) is 0.657. The van der Waals surface area contributed by atoms with Gasteiger partial charge in [0.15, 0.2) is 5.82 Å². The molecule has 3 aromatic heterocycles. The number of pyridine rings is 1. The van der Waals surface area contributed by atoms with Crippen molar-refractivity contribution in [2.75, 3.05) is 53.9 Å². The molecule has 6 rings (SSSR count). The number of halogens is 1. The third kappa shape index (κ3) is 6.21. The third-order valence-corrected chi connectivity index (χ3v) is 10.5. The standard InChI is InChI=1S/C31H40FN9O4S/c1-6-28(42)39-11-7-8-24(39)29-21-13-27(34-14-22(21)30(38-37-29)41-15-20(19(41)3)17-46(5,43)44)35-26-9-10-33-31(36-26)40-16-23(32)25(45-4)12-18(40)2/h6,9-10,13-14,18-20,23-25H,1,7-8,11-12,15-17H2,2-5H3,(H,33,34,35,36)/t18-,19+,20+,23-,24?,25+/m0/s1. The summed E-state index contributed by atoms with van der Waals surface area (Å²) in [6, 6.07) is 3.24. The molecule has 15 heteroatoms. The summed E-state index contributed by atoms with van der Waals surface area (Å²) >= 11 is 0. The van der Waals surface area contributed by atoms with Crippen LogP contribution in [0.15, 0.2) is 37.2 Å². The van der Waals surface area contributed by atoms with E-state index in [2.05, 4.69) is 37.0 Å². The molecule has 6 heterocycles. The van der Waals surface area contributed by atoms with Crippen molar-refractivity contribution in [3.63, 3.8) is 0 Å². The van der Waals surface area contributed by atoms with Crippen LogP contribution in [0.3, 0.4) is 0 Å². The molecule has 0 aromatic carbocycles. The van der Waals surface area contributed by atoms with Gasteiger partial charge in [0.1, 0.15) is 27.6 Å². The van der Waals surface area contributed by atoms with Crippen LogP contribution in [0, 0.1) is 5.92 Å². The molecule has 0 saturated carbocycles. The van der Waals surface area contributed by atoms with Crippen LogP contribution < -0.4 is 15.1 Å². The zero-order chi connectivity index (χ0) is 32.7. The Bertz CT molecular complexity index is 1740. The van der Waals surface area contributed by atoms with E-state index in [1.54, 1.807) is 23.4 Å². The number of piperidine rings is 1. The number of rotatable bonds is 9. The van der Waals surface area contributed by atoms with E-state index in [0.717, 1.165) is 23.6 Å². The monoisotopic (exact) mass is 653 g/mol. The molecule has 3 aliphatic heterocycles. The van der Waals surface area contributed by atoms with Gasteiger partial charge in [-0.3, -0.25) is 4.79 Å². The second kappa shape index (κ2) is 12.7.